The van der Waals surface area contributed by atoms with Gasteiger partial charge in [-0.15, -0.1) is 0 Å². The summed E-state index contributed by atoms with van der Waals surface area (Å²) in [7, 11) is -3.99. The predicted octanol–water partition coefficient (Wildman–Crippen LogP) is 4.65. The Kier molecular flexibility index (Phi) is 6.05. The van der Waals surface area contributed by atoms with Gasteiger partial charge in [0.15, 0.2) is 5.60 Å². The van der Waals surface area contributed by atoms with Gasteiger partial charge in [0.25, 0.3) is 0 Å². The highest BCUT2D eigenvalue weighted by molar-refractivity contribution is 8.70. The number of fused-ring (bicyclic) bond motifs is 5. The van der Waals surface area contributed by atoms with Gasteiger partial charge in [-0.25, -0.2) is 0 Å². The van der Waals surface area contributed by atoms with Gasteiger partial charge in [-0.05, 0) is 92.8 Å². The Morgan fingerprint density at radius 2 is 1.71 bits per heavy atom. The largest absolute Gasteiger partial charge is 0.417 e. The molecule has 5 nitrogen and oxygen atoms in total. The van der Waals surface area contributed by atoms with Gasteiger partial charge in [0, 0.05) is 16.7 Å². The van der Waals surface area contributed by atoms with Crippen molar-refractivity contribution in [2.24, 2.45) is 40.9 Å². The van der Waals surface area contributed by atoms with E-state index < -0.39 is 20.9 Å². The van der Waals surface area contributed by atoms with Crippen LogP contribution < -0.4 is 0 Å². The minimum atomic E-state index is -4.58. The third kappa shape index (κ3) is 4.19. The van der Waals surface area contributed by atoms with Crippen LogP contribution in [0.15, 0.2) is 0 Å². The summed E-state index contributed by atoms with van der Waals surface area (Å²) in [5.41, 5.74) is -2.77. The summed E-state index contributed by atoms with van der Waals surface area (Å²) >= 11 is 0. The quantitative estimate of drug-likeness (QED) is 0.446. The molecular formula is C21H31F3O5S2. The van der Waals surface area contributed by atoms with E-state index in [0.717, 1.165) is 25.7 Å². The Labute approximate surface area is 185 Å². The lowest BCUT2D eigenvalue weighted by Gasteiger charge is -2.57. The Balaban J connectivity index is 1.46. The first-order chi connectivity index (χ1) is 14.3. The second kappa shape index (κ2) is 7.87. The number of hydrogen-bond acceptors (Lipinski definition) is 5. The minimum Gasteiger partial charge on any atom is -0.380 e. The van der Waals surface area contributed by atoms with Crippen LogP contribution in [0.4, 0.5) is 13.2 Å². The average Bonchev–Trinajstić information content (AvgIpc) is 3.01. The number of carbonyl (C=O) groups excluding carboxylic acids is 1. The summed E-state index contributed by atoms with van der Waals surface area (Å²) in [6.45, 7) is 2.12. The molecule has 0 spiro atoms. The molecule has 178 valence electrons. The molecule has 0 bridgehead atoms. The molecule has 2 N–H and O–H groups in total. The van der Waals surface area contributed by atoms with E-state index in [1.165, 1.54) is 0 Å². The lowest BCUT2D eigenvalue weighted by Crippen LogP contribution is -2.55. The zero-order valence-electron chi connectivity index (χ0n) is 17.6. The molecule has 4 rings (SSSR count). The second-order valence-corrected chi connectivity index (χ2v) is 13.9. The van der Waals surface area contributed by atoms with Gasteiger partial charge in [0.05, 0.1) is 5.75 Å². The molecule has 0 aromatic heterocycles. The molecule has 0 saturated heterocycles. The summed E-state index contributed by atoms with van der Waals surface area (Å²) in [6, 6.07) is 0. The molecule has 4 aliphatic carbocycles. The number of hydrogen-bond donors (Lipinski definition) is 2. The molecule has 0 radical (unpaired) electrons. The first-order valence-corrected chi connectivity index (χ1v) is 14.1. The third-order valence-corrected chi connectivity index (χ3v) is 11.2. The monoisotopic (exact) mass is 484 g/mol. The molecule has 0 aromatic carbocycles. The Hall–Kier alpha value is -0.320. The number of halogens is 3. The number of ketones is 1. The zero-order valence-corrected chi connectivity index (χ0v) is 19.2. The van der Waals surface area contributed by atoms with Crippen LogP contribution in [-0.2, 0) is 13.9 Å². The highest BCUT2D eigenvalue weighted by Crippen LogP contribution is 2.65. The normalized spacial score (nSPS) is 45.5. The fraction of sp³-hybridized carbons (Fsp3) is 0.952. The maximum Gasteiger partial charge on any atom is 0.417 e. The SMILES string of the molecule is C[C@]12CC[C@H]3[C@@H](CC[C@@H]4C[C@@](O)(C(F)(F)F)CC[C@@H]43)[C@@H]1CC[C@@H]2C(=O)CSS(=O)(=O)O. The van der Waals surface area contributed by atoms with E-state index in [0.29, 0.717) is 37.0 Å². The van der Waals surface area contributed by atoms with E-state index in [-0.39, 0.29) is 58.3 Å². The van der Waals surface area contributed by atoms with Crippen LogP contribution in [0, 0.1) is 40.9 Å². The van der Waals surface area contributed by atoms with Crippen LogP contribution in [0.5, 0.6) is 0 Å². The molecule has 0 amide bonds. The lowest BCUT2D eigenvalue weighted by molar-refractivity contribution is -0.282. The fourth-order valence-electron chi connectivity index (χ4n) is 7.90. The number of Topliss-reactive ketones (excluding diaryl/α,β-unsaturated/α-hetero) is 1. The topological polar surface area (TPSA) is 91.7 Å². The van der Waals surface area contributed by atoms with Gasteiger partial charge in [-0.3, -0.25) is 9.35 Å². The molecule has 0 aromatic rings. The molecule has 10 heteroatoms. The van der Waals surface area contributed by atoms with E-state index in [1.807, 2.05) is 0 Å². The van der Waals surface area contributed by atoms with Crippen molar-refractivity contribution in [1.29, 1.82) is 0 Å². The van der Waals surface area contributed by atoms with Crippen LogP contribution in [0.3, 0.4) is 0 Å². The van der Waals surface area contributed by atoms with Crippen molar-refractivity contribution >= 4 is 25.7 Å². The fourth-order valence-corrected chi connectivity index (χ4v) is 9.16. The zero-order chi connectivity index (χ0) is 22.8. The molecule has 4 saturated carbocycles. The third-order valence-electron chi connectivity index (χ3n) is 9.28. The Bertz CT molecular complexity index is 831. The maximum atomic E-state index is 13.4. The van der Waals surface area contributed by atoms with E-state index in [4.69, 9.17) is 4.55 Å². The molecule has 4 fully saturated rings. The maximum absolute atomic E-state index is 13.4. The van der Waals surface area contributed by atoms with Crippen LogP contribution in [0.25, 0.3) is 0 Å². The predicted molar refractivity (Wildman–Crippen MR) is 111 cm³/mol. The highest BCUT2D eigenvalue weighted by Gasteiger charge is 2.62. The van der Waals surface area contributed by atoms with Crippen molar-refractivity contribution < 1.29 is 36.0 Å². The first-order valence-electron chi connectivity index (χ1n) is 11.2. The van der Waals surface area contributed by atoms with Gasteiger partial charge < -0.3 is 5.11 Å². The summed E-state index contributed by atoms with van der Waals surface area (Å²) in [5.74, 6) is 0.534. The second-order valence-electron chi connectivity index (χ2n) is 10.5. The smallest absolute Gasteiger partial charge is 0.380 e. The summed E-state index contributed by atoms with van der Waals surface area (Å²) < 4.78 is 71.1. The van der Waals surface area contributed by atoms with Gasteiger partial charge in [0.2, 0.25) is 0 Å². The van der Waals surface area contributed by atoms with Crippen molar-refractivity contribution in [3.8, 4) is 0 Å². The van der Waals surface area contributed by atoms with Crippen molar-refractivity contribution in [2.75, 3.05) is 5.75 Å². The minimum absolute atomic E-state index is 0.101. The number of alkyl halides is 3. The highest BCUT2D eigenvalue weighted by atomic mass is 33.1. The molecule has 0 unspecified atom stereocenters. The van der Waals surface area contributed by atoms with E-state index in [1.54, 1.807) is 0 Å². The molecule has 0 aliphatic heterocycles. The Morgan fingerprint density at radius 1 is 1.03 bits per heavy atom. The van der Waals surface area contributed by atoms with Crippen molar-refractivity contribution in [3.63, 3.8) is 0 Å². The summed E-state index contributed by atoms with van der Waals surface area (Å²) in [4.78, 5) is 12.8. The van der Waals surface area contributed by atoms with Gasteiger partial charge in [0.1, 0.15) is 5.78 Å². The van der Waals surface area contributed by atoms with Crippen molar-refractivity contribution in [1.82, 2.24) is 0 Å². The van der Waals surface area contributed by atoms with Crippen LogP contribution in [-0.4, -0.2) is 41.4 Å². The summed E-state index contributed by atoms with van der Waals surface area (Å²) in [6.07, 6.45) is 0.201. The molecule has 31 heavy (non-hydrogen) atoms. The van der Waals surface area contributed by atoms with Crippen molar-refractivity contribution in [2.45, 2.75) is 76.5 Å². The van der Waals surface area contributed by atoms with Gasteiger partial charge >= 0.3 is 15.3 Å². The van der Waals surface area contributed by atoms with Crippen LogP contribution in [0.2, 0.25) is 0 Å². The Morgan fingerprint density at radius 3 is 2.35 bits per heavy atom. The molecule has 0 heterocycles. The average molecular weight is 485 g/mol. The van der Waals surface area contributed by atoms with E-state index in [2.05, 4.69) is 6.92 Å². The standard InChI is InChI=1S/C21H31F3O5S2/c1-19-8-6-14-13-7-9-20(26,21(22,23)24)10-12(13)2-3-15(14)16(19)4-5-17(19)18(25)11-30-31(27,28)29/h12-17,26H,2-11H2,1H3,(H,27,28,29)/t12-,13+,14-,15-,16+,17-,19+,20-/m1/s1. The molecular weight excluding hydrogens is 453 g/mol. The number of carbonyl (C=O) groups is 1. The molecule has 8 atom stereocenters. The van der Waals surface area contributed by atoms with Crippen molar-refractivity contribution in [3.05, 3.63) is 0 Å². The van der Waals surface area contributed by atoms with Gasteiger partial charge in [-0.1, -0.05) is 6.92 Å². The summed E-state index contributed by atoms with van der Waals surface area (Å²) in [5, 5.41) is 10.2. The van der Waals surface area contributed by atoms with Gasteiger partial charge in [-0.2, -0.15) is 21.6 Å². The number of aliphatic hydroxyl groups is 1. The van der Waals surface area contributed by atoms with Crippen LogP contribution >= 0.6 is 10.8 Å². The first kappa shape index (κ1) is 23.8. The number of rotatable bonds is 4. The van der Waals surface area contributed by atoms with E-state index >= 15 is 0 Å². The lowest BCUT2D eigenvalue weighted by atomic mass is 9.49. The molecule has 4 aliphatic rings. The van der Waals surface area contributed by atoms with E-state index in [9.17, 15) is 31.5 Å². The van der Waals surface area contributed by atoms with Crippen LogP contribution in [0.1, 0.15) is 64.7 Å².